The average molecular weight is 164 g/mol. The molecule has 0 saturated carbocycles. The number of rotatable bonds is 0. The molecule has 1 atom stereocenters. The van der Waals surface area contributed by atoms with Gasteiger partial charge in [-0.2, -0.15) is 0 Å². The molecule has 1 aliphatic carbocycles. The third-order valence-electron chi connectivity index (χ3n) is 2.22. The first kappa shape index (κ1) is 7.40. The summed E-state index contributed by atoms with van der Waals surface area (Å²) >= 11 is 0. The molecule has 1 saturated heterocycles. The number of carbonyl (C=O) groups is 1. The Morgan fingerprint density at radius 1 is 1.58 bits per heavy atom. The van der Waals surface area contributed by atoms with Gasteiger partial charge < -0.3 is 10.6 Å². The van der Waals surface area contributed by atoms with E-state index in [-0.39, 0.29) is 6.03 Å². The highest BCUT2D eigenvalue weighted by atomic mass is 16.2. The molecule has 1 aliphatic heterocycles. The molecule has 2 N–H and O–H groups in total. The third-order valence-corrected chi connectivity index (χ3v) is 2.22. The molecule has 0 aromatic heterocycles. The summed E-state index contributed by atoms with van der Waals surface area (Å²) in [6, 6.07) is -0.0903. The van der Waals surface area contributed by atoms with Crippen molar-refractivity contribution >= 4 is 6.03 Å². The van der Waals surface area contributed by atoms with Gasteiger partial charge in [-0.3, -0.25) is 0 Å². The van der Waals surface area contributed by atoms with Crippen molar-refractivity contribution in [3.05, 3.63) is 23.4 Å². The molecule has 3 heteroatoms. The van der Waals surface area contributed by atoms with Gasteiger partial charge in [-0.15, -0.1) is 0 Å². The van der Waals surface area contributed by atoms with Gasteiger partial charge >= 0.3 is 6.03 Å². The van der Waals surface area contributed by atoms with E-state index in [0.29, 0.717) is 12.5 Å². The molecule has 1 fully saturated rings. The van der Waals surface area contributed by atoms with Crippen molar-refractivity contribution in [2.75, 3.05) is 6.54 Å². The molecule has 0 aromatic carbocycles. The Labute approximate surface area is 71.5 Å². The summed E-state index contributed by atoms with van der Waals surface area (Å²) < 4.78 is 0. The molecule has 0 radical (unpaired) electrons. The highest BCUT2D eigenvalue weighted by Gasteiger charge is 2.19. The van der Waals surface area contributed by atoms with Crippen LogP contribution in [0.5, 0.6) is 0 Å². The van der Waals surface area contributed by atoms with Crippen LogP contribution in [0.4, 0.5) is 4.79 Å². The summed E-state index contributed by atoms with van der Waals surface area (Å²) in [5.74, 6) is 0.544. The molecule has 1 unspecified atom stereocenters. The van der Waals surface area contributed by atoms with Crippen molar-refractivity contribution in [1.82, 2.24) is 10.6 Å². The normalized spacial score (nSPS) is 27.8. The molecule has 2 aliphatic rings. The van der Waals surface area contributed by atoms with Crippen molar-refractivity contribution in [3.8, 4) is 0 Å². The second kappa shape index (κ2) is 2.66. The fourth-order valence-corrected chi connectivity index (χ4v) is 1.53. The number of hydrogen-bond acceptors (Lipinski definition) is 1. The average Bonchev–Trinajstić information content (AvgIpc) is 2.03. The van der Waals surface area contributed by atoms with E-state index >= 15 is 0 Å². The van der Waals surface area contributed by atoms with Crippen molar-refractivity contribution in [2.24, 2.45) is 5.92 Å². The third kappa shape index (κ3) is 1.22. The largest absolute Gasteiger partial charge is 0.334 e. The summed E-state index contributed by atoms with van der Waals surface area (Å²) in [7, 11) is 0. The topological polar surface area (TPSA) is 41.1 Å². The van der Waals surface area contributed by atoms with Crippen LogP contribution in [-0.4, -0.2) is 12.6 Å². The molecule has 1 heterocycles. The van der Waals surface area contributed by atoms with Crippen LogP contribution in [0, 0.1) is 5.92 Å². The zero-order valence-electron chi connectivity index (χ0n) is 7.05. The quantitative estimate of drug-likeness (QED) is 0.554. The number of carbonyl (C=O) groups excluding carboxylic acids is 1. The Morgan fingerprint density at radius 2 is 2.42 bits per heavy atom. The Kier molecular flexibility index (Phi) is 1.64. The highest BCUT2D eigenvalue weighted by Crippen LogP contribution is 2.21. The highest BCUT2D eigenvalue weighted by molar-refractivity contribution is 5.79. The van der Waals surface area contributed by atoms with Gasteiger partial charge in [-0.05, 0) is 17.9 Å². The number of urea groups is 1. The summed E-state index contributed by atoms with van der Waals surface area (Å²) in [5, 5.41) is 5.53. The van der Waals surface area contributed by atoms with Crippen LogP contribution in [0.3, 0.4) is 0 Å². The van der Waals surface area contributed by atoms with Gasteiger partial charge in [-0.1, -0.05) is 19.1 Å². The first-order chi connectivity index (χ1) is 5.75. The Hall–Kier alpha value is -1.25. The predicted octanol–water partition coefficient (Wildman–Crippen LogP) is 1.15. The van der Waals surface area contributed by atoms with E-state index in [0.717, 1.165) is 12.1 Å². The number of allylic oxidation sites excluding steroid dienone is 2. The lowest BCUT2D eigenvalue weighted by Crippen LogP contribution is -2.43. The van der Waals surface area contributed by atoms with Crippen molar-refractivity contribution < 1.29 is 4.79 Å². The van der Waals surface area contributed by atoms with Crippen molar-refractivity contribution in [2.45, 2.75) is 13.3 Å². The molecule has 2 amide bonds. The van der Waals surface area contributed by atoms with E-state index in [1.54, 1.807) is 0 Å². The number of nitrogens with one attached hydrogen (secondary N) is 2. The smallest absolute Gasteiger partial charge is 0.319 e. The number of fused-ring (bicyclic) bond motifs is 1. The maximum atomic E-state index is 10.9. The van der Waals surface area contributed by atoms with Gasteiger partial charge in [0.25, 0.3) is 0 Å². The minimum Gasteiger partial charge on any atom is -0.334 e. The van der Waals surface area contributed by atoms with Crippen LogP contribution in [-0.2, 0) is 0 Å². The van der Waals surface area contributed by atoms with Crippen molar-refractivity contribution in [3.63, 3.8) is 0 Å². The Balaban J connectivity index is 2.23. The van der Waals surface area contributed by atoms with Crippen LogP contribution < -0.4 is 10.6 Å². The van der Waals surface area contributed by atoms with Crippen LogP contribution in [0.1, 0.15) is 13.3 Å². The van der Waals surface area contributed by atoms with E-state index in [1.807, 2.05) is 0 Å². The summed E-state index contributed by atoms with van der Waals surface area (Å²) in [6.45, 7) is 2.82. The van der Waals surface area contributed by atoms with E-state index in [1.165, 1.54) is 5.57 Å². The first-order valence-electron chi connectivity index (χ1n) is 4.22. The van der Waals surface area contributed by atoms with Gasteiger partial charge in [0, 0.05) is 12.2 Å². The molecule has 2 rings (SSSR count). The Bertz CT molecular complexity index is 278. The van der Waals surface area contributed by atoms with E-state index in [4.69, 9.17) is 0 Å². The van der Waals surface area contributed by atoms with Crippen LogP contribution in [0.2, 0.25) is 0 Å². The van der Waals surface area contributed by atoms with E-state index < -0.39 is 0 Å². The lowest BCUT2D eigenvalue weighted by Gasteiger charge is -2.25. The van der Waals surface area contributed by atoms with Gasteiger partial charge in [0.15, 0.2) is 0 Å². The minimum atomic E-state index is -0.0903. The molecule has 12 heavy (non-hydrogen) atoms. The maximum absolute atomic E-state index is 10.9. The van der Waals surface area contributed by atoms with E-state index in [2.05, 4.69) is 29.7 Å². The molecule has 0 aromatic rings. The Morgan fingerprint density at radius 3 is 3.25 bits per heavy atom. The standard InChI is InChI=1S/C9H12N2O/c1-6-2-3-7-5-10-9(12)11-8(7)4-6/h3-4,6H,2,5H2,1H3,(H2,10,11,12). The monoisotopic (exact) mass is 164 g/mol. The second-order valence-corrected chi connectivity index (χ2v) is 3.33. The van der Waals surface area contributed by atoms with Crippen LogP contribution >= 0.6 is 0 Å². The molecule has 3 nitrogen and oxygen atoms in total. The lowest BCUT2D eigenvalue weighted by molar-refractivity contribution is 0.242. The van der Waals surface area contributed by atoms with Crippen LogP contribution in [0.25, 0.3) is 0 Å². The van der Waals surface area contributed by atoms with Gasteiger partial charge in [-0.25, -0.2) is 4.79 Å². The second-order valence-electron chi connectivity index (χ2n) is 3.33. The summed E-state index contributed by atoms with van der Waals surface area (Å²) in [5.41, 5.74) is 2.21. The van der Waals surface area contributed by atoms with Crippen molar-refractivity contribution in [1.29, 1.82) is 0 Å². The lowest BCUT2D eigenvalue weighted by atomic mass is 9.95. The summed E-state index contributed by atoms with van der Waals surface area (Å²) in [4.78, 5) is 10.9. The van der Waals surface area contributed by atoms with Gasteiger partial charge in [0.1, 0.15) is 0 Å². The molecular weight excluding hydrogens is 152 g/mol. The summed E-state index contributed by atoms with van der Waals surface area (Å²) in [6.07, 6.45) is 5.39. The SMILES string of the molecule is CC1C=C2NC(=O)NCC2=CC1. The molecule has 0 spiro atoms. The number of hydrogen-bond donors (Lipinski definition) is 2. The number of amides is 2. The van der Waals surface area contributed by atoms with E-state index in [9.17, 15) is 4.79 Å². The minimum absolute atomic E-state index is 0.0903. The molecule has 64 valence electrons. The van der Waals surface area contributed by atoms with Crippen LogP contribution in [0.15, 0.2) is 23.4 Å². The molecule has 0 bridgehead atoms. The maximum Gasteiger partial charge on any atom is 0.319 e. The zero-order chi connectivity index (χ0) is 8.55. The van der Waals surface area contributed by atoms with Gasteiger partial charge in [0.05, 0.1) is 0 Å². The molecular formula is C9H12N2O. The van der Waals surface area contributed by atoms with Gasteiger partial charge in [0.2, 0.25) is 0 Å². The predicted molar refractivity (Wildman–Crippen MR) is 46.5 cm³/mol. The fraction of sp³-hybridized carbons (Fsp3) is 0.444. The first-order valence-corrected chi connectivity index (χ1v) is 4.22. The fourth-order valence-electron chi connectivity index (χ4n) is 1.53. The zero-order valence-corrected chi connectivity index (χ0v) is 7.05.